The molecule has 0 unspecified atom stereocenters. The van der Waals surface area contributed by atoms with E-state index in [2.05, 4.69) is 0 Å². The molecule has 5 heteroatoms. The van der Waals surface area contributed by atoms with Gasteiger partial charge >= 0.3 is 7.60 Å². The maximum Gasteiger partial charge on any atom is 0.341 e. The Morgan fingerprint density at radius 3 is 1.62 bits per heavy atom. The molecule has 2 aromatic carbocycles. The zero-order valence-electron chi connectivity index (χ0n) is 15.0. The summed E-state index contributed by atoms with van der Waals surface area (Å²) in [6.45, 7) is 4.26. The van der Waals surface area contributed by atoms with E-state index in [1.165, 1.54) is 0 Å². The predicted octanol–water partition coefficient (Wildman–Crippen LogP) is 5.73. The van der Waals surface area contributed by atoms with Crippen molar-refractivity contribution >= 4 is 19.1 Å². The standard InChI is InChI=1S/C21H23O4P/c1-3-23-26(22,24-4-2)19-15-20(17-11-7-5-8-12-17)25-21(16-19)18-13-9-6-10-14-18/h5-16,19H,3-4H2,1-2H3. The van der Waals surface area contributed by atoms with Crippen molar-refractivity contribution in [2.45, 2.75) is 19.5 Å². The van der Waals surface area contributed by atoms with Gasteiger partial charge in [-0.25, -0.2) is 0 Å². The Labute approximate surface area is 154 Å². The third-order valence-corrected chi connectivity index (χ3v) is 6.23. The van der Waals surface area contributed by atoms with Crippen molar-refractivity contribution < 1.29 is 18.3 Å². The molecule has 1 aliphatic rings. The van der Waals surface area contributed by atoms with Crippen LogP contribution in [0, 0.1) is 0 Å². The van der Waals surface area contributed by atoms with Crippen LogP contribution in [0.2, 0.25) is 0 Å². The molecule has 0 fully saturated rings. The molecule has 2 aromatic rings. The van der Waals surface area contributed by atoms with Crippen LogP contribution in [0.1, 0.15) is 25.0 Å². The first kappa shape index (κ1) is 18.7. The highest BCUT2D eigenvalue weighted by Gasteiger charge is 2.36. The fraction of sp³-hybridized carbons (Fsp3) is 0.238. The maximum absolute atomic E-state index is 13.3. The van der Waals surface area contributed by atoms with Crippen LogP contribution >= 0.6 is 7.60 Å². The largest absolute Gasteiger partial charge is 0.457 e. The highest BCUT2D eigenvalue weighted by molar-refractivity contribution is 7.55. The van der Waals surface area contributed by atoms with Crippen LogP contribution in [0.25, 0.3) is 11.5 Å². The maximum atomic E-state index is 13.3. The van der Waals surface area contributed by atoms with E-state index >= 15 is 0 Å². The van der Waals surface area contributed by atoms with Crippen LogP contribution in [0.15, 0.2) is 72.8 Å². The van der Waals surface area contributed by atoms with E-state index in [0.29, 0.717) is 24.7 Å². The SMILES string of the molecule is CCOP(=O)(OCC)C1C=C(c2ccccc2)OC(c2ccccc2)=C1. The summed E-state index contributed by atoms with van der Waals surface area (Å²) in [5.74, 6) is 1.30. The Morgan fingerprint density at radius 1 is 0.808 bits per heavy atom. The molecule has 0 aromatic heterocycles. The summed E-state index contributed by atoms with van der Waals surface area (Å²) < 4.78 is 30.6. The lowest BCUT2D eigenvalue weighted by Gasteiger charge is -2.27. The van der Waals surface area contributed by atoms with Crippen LogP contribution in [0.3, 0.4) is 0 Å². The van der Waals surface area contributed by atoms with Gasteiger partial charge in [-0.15, -0.1) is 0 Å². The second-order valence-corrected chi connectivity index (χ2v) is 7.95. The van der Waals surface area contributed by atoms with E-state index in [4.69, 9.17) is 13.8 Å². The average Bonchev–Trinajstić information content (AvgIpc) is 2.69. The van der Waals surface area contributed by atoms with Crippen LogP contribution < -0.4 is 0 Å². The summed E-state index contributed by atoms with van der Waals surface area (Å²) in [5, 5.41) is 0. The van der Waals surface area contributed by atoms with Gasteiger partial charge in [-0.1, -0.05) is 60.7 Å². The monoisotopic (exact) mass is 370 g/mol. The quantitative estimate of drug-likeness (QED) is 0.584. The van der Waals surface area contributed by atoms with Crippen molar-refractivity contribution in [2.75, 3.05) is 13.2 Å². The van der Waals surface area contributed by atoms with E-state index in [1.807, 2.05) is 86.7 Å². The molecule has 0 amide bonds. The van der Waals surface area contributed by atoms with Crippen LogP contribution in [-0.2, 0) is 18.3 Å². The number of hydrogen-bond acceptors (Lipinski definition) is 4. The molecule has 0 atom stereocenters. The summed E-state index contributed by atoms with van der Waals surface area (Å²) in [5.41, 5.74) is 1.32. The van der Waals surface area contributed by atoms with Gasteiger partial charge in [0.25, 0.3) is 0 Å². The number of benzene rings is 2. The highest BCUT2D eigenvalue weighted by Crippen LogP contribution is 2.56. The predicted molar refractivity (Wildman–Crippen MR) is 105 cm³/mol. The Morgan fingerprint density at radius 2 is 1.23 bits per heavy atom. The molecule has 0 spiro atoms. The van der Waals surface area contributed by atoms with E-state index in [9.17, 15) is 4.57 Å². The van der Waals surface area contributed by atoms with Gasteiger partial charge in [-0.3, -0.25) is 4.57 Å². The molecule has 1 aliphatic heterocycles. The number of allylic oxidation sites excluding steroid dienone is 2. The Kier molecular flexibility index (Phi) is 6.10. The second-order valence-electron chi connectivity index (χ2n) is 5.76. The summed E-state index contributed by atoms with van der Waals surface area (Å²) in [4.78, 5) is 0. The van der Waals surface area contributed by atoms with E-state index < -0.39 is 13.3 Å². The zero-order valence-corrected chi connectivity index (χ0v) is 15.9. The average molecular weight is 370 g/mol. The van der Waals surface area contributed by atoms with Gasteiger partial charge in [0.2, 0.25) is 0 Å². The molecular weight excluding hydrogens is 347 g/mol. The van der Waals surface area contributed by atoms with Crippen LogP contribution in [0.4, 0.5) is 0 Å². The molecule has 0 saturated carbocycles. The van der Waals surface area contributed by atoms with Crippen LogP contribution in [0.5, 0.6) is 0 Å². The molecular formula is C21H23O4P. The topological polar surface area (TPSA) is 44.8 Å². The fourth-order valence-electron chi connectivity index (χ4n) is 2.81. The van der Waals surface area contributed by atoms with Crippen molar-refractivity contribution in [3.8, 4) is 0 Å². The Hall–Kier alpha value is -2.13. The summed E-state index contributed by atoms with van der Waals surface area (Å²) >= 11 is 0. The van der Waals surface area contributed by atoms with Crippen molar-refractivity contribution in [2.24, 2.45) is 0 Å². The lowest BCUT2D eigenvalue weighted by molar-refractivity contribution is 0.218. The molecule has 0 radical (unpaired) electrons. The molecule has 0 saturated heterocycles. The number of ether oxygens (including phenoxy) is 1. The lowest BCUT2D eigenvalue weighted by atomic mass is 10.1. The van der Waals surface area contributed by atoms with Gasteiger partial charge in [-0.05, 0) is 26.0 Å². The third-order valence-electron chi connectivity index (χ3n) is 3.96. The Bertz CT molecular complexity index is 762. The first-order chi connectivity index (χ1) is 12.7. The van der Waals surface area contributed by atoms with E-state index in [0.717, 1.165) is 11.1 Å². The highest BCUT2D eigenvalue weighted by atomic mass is 31.2. The summed E-state index contributed by atoms with van der Waals surface area (Å²) in [7, 11) is -3.34. The fourth-order valence-corrected chi connectivity index (χ4v) is 4.59. The molecule has 0 aliphatic carbocycles. The molecule has 26 heavy (non-hydrogen) atoms. The number of rotatable bonds is 7. The molecule has 0 N–H and O–H groups in total. The molecule has 3 rings (SSSR count). The summed E-state index contributed by atoms with van der Waals surface area (Å²) in [6.07, 6.45) is 3.65. The summed E-state index contributed by atoms with van der Waals surface area (Å²) in [6, 6.07) is 19.5. The minimum absolute atomic E-state index is 0.317. The van der Waals surface area contributed by atoms with Gasteiger partial charge in [0.15, 0.2) is 0 Å². The molecule has 136 valence electrons. The minimum Gasteiger partial charge on any atom is -0.457 e. The third kappa shape index (κ3) is 4.16. The molecule has 4 nitrogen and oxygen atoms in total. The van der Waals surface area contributed by atoms with E-state index in [-0.39, 0.29) is 0 Å². The number of hydrogen-bond donors (Lipinski definition) is 0. The zero-order chi connectivity index (χ0) is 18.4. The van der Waals surface area contributed by atoms with Gasteiger partial charge in [-0.2, -0.15) is 0 Å². The van der Waals surface area contributed by atoms with Gasteiger partial charge in [0.1, 0.15) is 17.2 Å². The Balaban J connectivity index is 2.05. The normalized spacial score (nSPS) is 15.2. The lowest BCUT2D eigenvalue weighted by Crippen LogP contribution is -2.14. The van der Waals surface area contributed by atoms with Gasteiger partial charge < -0.3 is 13.8 Å². The molecule has 0 bridgehead atoms. The smallest absolute Gasteiger partial charge is 0.341 e. The van der Waals surface area contributed by atoms with Gasteiger partial charge in [0, 0.05) is 11.1 Å². The molecule has 1 heterocycles. The first-order valence-corrected chi connectivity index (χ1v) is 10.4. The van der Waals surface area contributed by atoms with Gasteiger partial charge in [0.05, 0.1) is 13.2 Å². The second kappa shape index (κ2) is 8.50. The van der Waals surface area contributed by atoms with E-state index in [1.54, 1.807) is 0 Å². The van der Waals surface area contributed by atoms with Crippen molar-refractivity contribution in [1.29, 1.82) is 0 Å². The van der Waals surface area contributed by atoms with Crippen molar-refractivity contribution in [1.82, 2.24) is 0 Å². The van der Waals surface area contributed by atoms with Crippen molar-refractivity contribution in [3.05, 3.63) is 83.9 Å². The van der Waals surface area contributed by atoms with Crippen LogP contribution in [-0.4, -0.2) is 18.9 Å². The van der Waals surface area contributed by atoms with Crippen molar-refractivity contribution in [3.63, 3.8) is 0 Å². The minimum atomic E-state index is -3.34. The first-order valence-electron chi connectivity index (χ1n) is 8.77.